The first-order valence-corrected chi connectivity index (χ1v) is 10.5. The number of carbonyl (C=O) groups is 2. The van der Waals surface area contributed by atoms with Crippen molar-refractivity contribution >= 4 is 23.4 Å². The highest BCUT2D eigenvalue weighted by Gasteiger charge is 2.21. The van der Waals surface area contributed by atoms with E-state index >= 15 is 0 Å². The Morgan fingerprint density at radius 2 is 1.52 bits per heavy atom. The molecule has 1 aliphatic heterocycles. The van der Waals surface area contributed by atoms with Gasteiger partial charge in [0.2, 0.25) is 11.8 Å². The van der Waals surface area contributed by atoms with Crippen LogP contribution in [-0.2, 0) is 16.0 Å². The van der Waals surface area contributed by atoms with Gasteiger partial charge in [0, 0.05) is 32.6 Å². The molecule has 0 radical (unpaired) electrons. The molecule has 2 amide bonds. The minimum Gasteiger partial charge on any atom is -0.492 e. The number of hydrogen-bond acceptors (Lipinski definition) is 3. The number of halogens is 1. The molecule has 1 aliphatic rings. The van der Waals surface area contributed by atoms with E-state index in [1.165, 1.54) is 0 Å². The first-order chi connectivity index (χ1) is 14.1. The topological polar surface area (TPSA) is 49.9 Å². The van der Waals surface area contributed by atoms with Gasteiger partial charge < -0.3 is 14.5 Å². The highest BCUT2D eigenvalue weighted by Crippen LogP contribution is 2.23. The standard InChI is InChI=1S/C23H27ClN2O3/c24-20-10-4-5-11-21(20)29-17-6-12-22(27)25-13-7-14-26(16-15-25)23(28)18-19-8-2-1-3-9-19/h1-5,8-11H,6-7,12-18H2. The molecule has 1 saturated heterocycles. The lowest BCUT2D eigenvalue weighted by Gasteiger charge is -2.22. The van der Waals surface area contributed by atoms with E-state index in [9.17, 15) is 9.59 Å². The SMILES string of the molecule is O=C(CCCOc1ccccc1Cl)N1CCCN(C(=O)Cc2ccccc2)CC1. The number of hydrogen-bond donors (Lipinski definition) is 0. The Morgan fingerprint density at radius 1 is 0.862 bits per heavy atom. The normalized spacial score (nSPS) is 14.4. The zero-order valence-corrected chi connectivity index (χ0v) is 17.3. The van der Waals surface area contributed by atoms with Crippen LogP contribution in [0.15, 0.2) is 54.6 Å². The number of para-hydroxylation sites is 1. The number of ether oxygens (including phenoxy) is 1. The summed E-state index contributed by atoms with van der Waals surface area (Å²) in [5, 5.41) is 0.576. The Labute approximate surface area is 177 Å². The second-order valence-electron chi connectivity index (χ2n) is 7.16. The number of nitrogens with zero attached hydrogens (tertiary/aromatic N) is 2. The van der Waals surface area contributed by atoms with Crippen LogP contribution in [-0.4, -0.2) is 54.4 Å². The van der Waals surface area contributed by atoms with Crippen LogP contribution in [0, 0.1) is 0 Å². The Balaban J connectivity index is 1.40. The van der Waals surface area contributed by atoms with Gasteiger partial charge >= 0.3 is 0 Å². The van der Waals surface area contributed by atoms with Gasteiger partial charge in [0.05, 0.1) is 18.1 Å². The van der Waals surface area contributed by atoms with E-state index < -0.39 is 0 Å². The van der Waals surface area contributed by atoms with Crippen molar-refractivity contribution in [2.75, 3.05) is 32.8 Å². The smallest absolute Gasteiger partial charge is 0.227 e. The van der Waals surface area contributed by atoms with Crippen molar-refractivity contribution in [1.29, 1.82) is 0 Å². The predicted octanol–water partition coefficient (Wildman–Crippen LogP) is 3.80. The Kier molecular flexibility index (Phi) is 7.94. The number of carbonyl (C=O) groups excluding carboxylic acids is 2. The van der Waals surface area contributed by atoms with Crippen LogP contribution in [0.3, 0.4) is 0 Å². The molecule has 0 unspecified atom stereocenters. The van der Waals surface area contributed by atoms with Crippen molar-refractivity contribution in [1.82, 2.24) is 9.80 Å². The third kappa shape index (κ3) is 6.50. The lowest BCUT2D eigenvalue weighted by molar-refractivity contribution is -0.133. The molecule has 154 valence electrons. The van der Waals surface area contributed by atoms with Crippen LogP contribution in [0.25, 0.3) is 0 Å². The first kappa shape index (κ1) is 21.2. The van der Waals surface area contributed by atoms with E-state index in [-0.39, 0.29) is 11.8 Å². The van der Waals surface area contributed by atoms with Gasteiger partial charge in [0.25, 0.3) is 0 Å². The van der Waals surface area contributed by atoms with Gasteiger partial charge in [-0.25, -0.2) is 0 Å². The second-order valence-corrected chi connectivity index (χ2v) is 7.57. The predicted molar refractivity (Wildman–Crippen MR) is 114 cm³/mol. The van der Waals surface area contributed by atoms with Crippen LogP contribution < -0.4 is 4.74 Å². The maximum atomic E-state index is 12.6. The number of rotatable bonds is 7. The Morgan fingerprint density at radius 3 is 2.24 bits per heavy atom. The number of amides is 2. The summed E-state index contributed by atoms with van der Waals surface area (Å²) in [4.78, 5) is 28.8. The van der Waals surface area contributed by atoms with Gasteiger partial charge in [-0.15, -0.1) is 0 Å². The lowest BCUT2D eigenvalue weighted by atomic mass is 10.1. The molecule has 1 heterocycles. The summed E-state index contributed by atoms with van der Waals surface area (Å²) in [5.74, 6) is 0.882. The molecule has 0 N–H and O–H groups in total. The summed E-state index contributed by atoms with van der Waals surface area (Å²) in [5.41, 5.74) is 1.02. The number of benzene rings is 2. The zero-order valence-electron chi connectivity index (χ0n) is 16.6. The van der Waals surface area contributed by atoms with Gasteiger partial charge in [-0.1, -0.05) is 54.1 Å². The van der Waals surface area contributed by atoms with E-state index in [1.54, 1.807) is 6.07 Å². The van der Waals surface area contributed by atoms with E-state index in [2.05, 4.69) is 0 Å². The van der Waals surface area contributed by atoms with Crippen molar-refractivity contribution in [2.45, 2.75) is 25.7 Å². The molecular weight excluding hydrogens is 388 g/mol. The fourth-order valence-electron chi connectivity index (χ4n) is 3.42. The molecule has 0 aliphatic carbocycles. The summed E-state index contributed by atoms with van der Waals surface area (Å²) < 4.78 is 5.65. The van der Waals surface area contributed by atoms with Gasteiger partial charge in [0.1, 0.15) is 5.75 Å². The quantitative estimate of drug-likeness (QED) is 0.647. The van der Waals surface area contributed by atoms with Crippen molar-refractivity contribution in [3.8, 4) is 5.75 Å². The van der Waals surface area contributed by atoms with Crippen molar-refractivity contribution in [2.24, 2.45) is 0 Å². The van der Waals surface area contributed by atoms with Crippen molar-refractivity contribution in [3.05, 3.63) is 65.2 Å². The first-order valence-electron chi connectivity index (χ1n) is 10.1. The molecule has 0 atom stereocenters. The zero-order chi connectivity index (χ0) is 20.5. The molecule has 5 nitrogen and oxygen atoms in total. The molecular formula is C23H27ClN2O3. The molecule has 6 heteroatoms. The summed E-state index contributed by atoms with van der Waals surface area (Å²) in [7, 11) is 0. The van der Waals surface area contributed by atoms with Crippen LogP contribution in [0.1, 0.15) is 24.8 Å². The minimum atomic E-state index is 0.116. The molecule has 0 spiro atoms. The van der Waals surface area contributed by atoms with E-state index in [1.807, 2.05) is 58.3 Å². The third-order valence-corrected chi connectivity index (χ3v) is 5.34. The van der Waals surface area contributed by atoms with Crippen LogP contribution in [0.2, 0.25) is 5.02 Å². The molecule has 1 fully saturated rings. The monoisotopic (exact) mass is 414 g/mol. The molecule has 2 aromatic rings. The summed E-state index contributed by atoms with van der Waals surface area (Å²) in [6.07, 6.45) is 2.29. The van der Waals surface area contributed by atoms with Gasteiger partial charge in [-0.05, 0) is 30.5 Å². The van der Waals surface area contributed by atoms with Gasteiger partial charge in [0.15, 0.2) is 0 Å². The largest absolute Gasteiger partial charge is 0.492 e. The maximum absolute atomic E-state index is 12.6. The summed E-state index contributed by atoms with van der Waals surface area (Å²) in [6.45, 7) is 3.02. The minimum absolute atomic E-state index is 0.116. The Hall–Kier alpha value is -2.53. The molecule has 0 aromatic heterocycles. The van der Waals surface area contributed by atoms with E-state index in [4.69, 9.17) is 16.3 Å². The molecule has 29 heavy (non-hydrogen) atoms. The van der Waals surface area contributed by atoms with Crippen LogP contribution >= 0.6 is 11.6 Å². The molecule has 2 aromatic carbocycles. The molecule has 3 rings (SSSR count). The Bertz CT molecular complexity index is 813. The van der Waals surface area contributed by atoms with Crippen molar-refractivity contribution in [3.63, 3.8) is 0 Å². The van der Waals surface area contributed by atoms with E-state index in [0.29, 0.717) is 62.8 Å². The van der Waals surface area contributed by atoms with Crippen LogP contribution in [0.5, 0.6) is 5.75 Å². The highest BCUT2D eigenvalue weighted by molar-refractivity contribution is 6.32. The van der Waals surface area contributed by atoms with Crippen molar-refractivity contribution < 1.29 is 14.3 Å². The third-order valence-electron chi connectivity index (χ3n) is 5.03. The maximum Gasteiger partial charge on any atom is 0.227 e. The average Bonchev–Trinajstić information content (AvgIpc) is 2.99. The summed E-state index contributed by atoms with van der Waals surface area (Å²) in [6, 6.07) is 17.1. The van der Waals surface area contributed by atoms with Gasteiger partial charge in [-0.2, -0.15) is 0 Å². The average molecular weight is 415 g/mol. The summed E-state index contributed by atoms with van der Waals surface area (Å²) >= 11 is 6.06. The van der Waals surface area contributed by atoms with E-state index in [0.717, 1.165) is 12.0 Å². The fourth-order valence-corrected chi connectivity index (χ4v) is 3.61. The lowest BCUT2D eigenvalue weighted by Crippen LogP contribution is -2.38. The molecule has 0 saturated carbocycles. The fraction of sp³-hybridized carbons (Fsp3) is 0.391. The second kappa shape index (κ2) is 10.9. The van der Waals surface area contributed by atoms with Crippen LogP contribution in [0.4, 0.5) is 0 Å². The molecule has 0 bridgehead atoms. The highest BCUT2D eigenvalue weighted by atomic mass is 35.5. The van der Waals surface area contributed by atoms with Gasteiger partial charge in [-0.3, -0.25) is 9.59 Å².